The zero-order valence-electron chi connectivity index (χ0n) is 41.8. The molecule has 0 aliphatic carbocycles. The van der Waals surface area contributed by atoms with Crippen LogP contribution in [0.4, 0.5) is 0 Å². The number of nitrogens with zero attached hydrogens (tertiary/aromatic N) is 1. The van der Waals surface area contributed by atoms with Crippen molar-refractivity contribution in [2.75, 3.05) is 34.9 Å². The number of rotatable bonds is 14. The van der Waals surface area contributed by atoms with Gasteiger partial charge in [-0.05, 0) is 73.5 Å². The fourth-order valence-electron chi connectivity index (χ4n) is 9.51. The molecule has 6 N–H and O–H groups in total. The minimum Gasteiger partial charge on any atom is -0.462 e. The Labute approximate surface area is 406 Å². The molecule has 4 rings (SSSR count). The van der Waals surface area contributed by atoms with Gasteiger partial charge in [0, 0.05) is 46.2 Å². The molecule has 400 valence electrons. The number of ketones is 1. The third kappa shape index (κ3) is 16.8. The Morgan fingerprint density at radius 1 is 0.884 bits per heavy atom. The summed E-state index contributed by atoms with van der Waals surface area (Å²) < 4.78 is 75.2. The summed E-state index contributed by atoms with van der Waals surface area (Å²) in [6, 6.07) is -0.748. The monoisotopic (exact) mass is 1010 g/mol. The van der Waals surface area contributed by atoms with E-state index in [1.165, 1.54) is 27.2 Å². The van der Waals surface area contributed by atoms with E-state index in [0.29, 0.717) is 12.0 Å². The molecule has 3 unspecified atom stereocenters. The average Bonchev–Trinajstić information content (AvgIpc) is 3.28. The molecule has 0 aromatic rings. The quantitative estimate of drug-likeness (QED) is 0.0479. The highest BCUT2D eigenvalue weighted by atomic mass is 31.1. The van der Waals surface area contributed by atoms with Crippen LogP contribution in [0.25, 0.3) is 0 Å². The molecular formula is C46H80NO21P. The van der Waals surface area contributed by atoms with Gasteiger partial charge in [-0.25, -0.2) is 14.4 Å². The second-order valence-electron chi connectivity index (χ2n) is 19.0. The van der Waals surface area contributed by atoms with Gasteiger partial charge in [0.25, 0.3) is 0 Å². The Kier molecular flexibility index (Phi) is 24.8. The van der Waals surface area contributed by atoms with Crippen LogP contribution in [0.1, 0.15) is 88.9 Å². The molecule has 23 heteroatoms. The van der Waals surface area contributed by atoms with Crippen molar-refractivity contribution in [1.29, 1.82) is 0 Å². The molecule has 0 bridgehead atoms. The number of allylic oxidation sites excluding steroid dienone is 3. The first-order valence-corrected chi connectivity index (χ1v) is 24.5. The van der Waals surface area contributed by atoms with E-state index in [2.05, 4.69) is 4.67 Å². The first kappa shape index (κ1) is 60.9. The van der Waals surface area contributed by atoms with E-state index in [1.807, 2.05) is 19.9 Å². The van der Waals surface area contributed by atoms with Crippen LogP contribution in [0.15, 0.2) is 23.8 Å². The summed E-state index contributed by atoms with van der Waals surface area (Å²) in [6.45, 7) is 13.6. The first-order valence-electron chi connectivity index (χ1n) is 23.4. The van der Waals surface area contributed by atoms with Gasteiger partial charge in [-0.3, -0.25) is 9.59 Å². The van der Waals surface area contributed by atoms with Crippen LogP contribution >= 0.6 is 7.91 Å². The van der Waals surface area contributed by atoms with Crippen LogP contribution in [-0.2, 0) is 70.8 Å². The van der Waals surface area contributed by atoms with Gasteiger partial charge in [0.15, 0.2) is 24.7 Å². The molecule has 21 atom stereocenters. The maximum atomic E-state index is 13.8. The van der Waals surface area contributed by atoms with Gasteiger partial charge in [-0.15, -0.1) is 4.67 Å². The van der Waals surface area contributed by atoms with Crippen molar-refractivity contribution < 1.29 is 103 Å². The molecule has 3 fully saturated rings. The summed E-state index contributed by atoms with van der Waals surface area (Å²) in [5.74, 6) is -3.59. The molecule has 0 amide bonds. The van der Waals surface area contributed by atoms with E-state index >= 15 is 0 Å². The van der Waals surface area contributed by atoms with Crippen LogP contribution in [0.3, 0.4) is 0 Å². The number of hydrogen-bond acceptors (Lipinski definition) is 22. The summed E-state index contributed by atoms with van der Waals surface area (Å²) in [4.78, 5) is 41.5. The van der Waals surface area contributed by atoms with Gasteiger partial charge in [0.05, 0.1) is 55.2 Å². The fourth-order valence-corrected chi connectivity index (χ4v) is 9.51. The lowest BCUT2D eigenvalue weighted by Crippen LogP contribution is -2.65. The summed E-state index contributed by atoms with van der Waals surface area (Å²) in [7, 11) is 3.39. The average molecular weight is 1010 g/mol. The third-order valence-corrected chi connectivity index (χ3v) is 13.6. The van der Waals surface area contributed by atoms with Gasteiger partial charge in [-0.2, -0.15) is 0 Å². The Morgan fingerprint density at radius 2 is 1.51 bits per heavy atom. The van der Waals surface area contributed by atoms with Crippen molar-refractivity contribution in [1.82, 2.24) is 4.90 Å². The number of aliphatic hydroxyl groups is 5. The van der Waals surface area contributed by atoms with Crippen LogP contribution in [0.5, 0.6) is 0 Å². The molecule has 4 aliphatic heterocycles. The van der Waals surface area contributed by atoms with Gasteiger partial charge in [-0.1, -0.05) is 38.5 Å². The van der Waals surface area contributed by atoms with Crippen molar-refractivity contribution in [2.45, 2.75) is 191 Å². The van der Waals surface area contributed by atoms with Crippen LogP contribution in [-0.4, -0.2) is 192 Å². The predicted molar refractivity (Wildman–Crippen MR) is 244 cm³/mol. The fraction of sp³-hybridized carbons (Fsp3) is 0.848. The maximum absolute atomic E-state index is 13.8. The highest BCUT2D eigenvalue weighted by Crippen LogP contribution is 2.37. The molecule has 4 heterocycles. The second kappa shape index (κ2) is 28.1. The molecule has 0 aromatic carbocycles. The normalized spacial score (nSPS) is 43.1. The third-order valence-electron chi connectivity index (χ3n) is 13.5. The van der Waals surface area contributed by atoms with E-state index in [0.717, 1.165) is 6.29 Å². The Balaban J connectivity index is 0.00000266. The van der Waals surface area contributed by atoms with Gasteiger partial charge in [0.2, 0.25) is 0 Å². The smallest absolute Gasteiger partial charge is 0.462 e. The van der Waals surface area contributed by atoms with Crippen molar-refractivity contribution in [2.24, 2.45) is 23.7 Å². The number of esters is 1. The zero-order chi connectivity index (χ0) is 52.1. The van der Waals surface area contributed by atoms with E-state index in [4.69, 9.17) is 57.0 Å². The predicted octanol–water partition coefficient (Wildman–Crippen LogP) is 2.64. The van der Waals surface area contributed by atoms with E-state index in [-0.39, 0.29) is 33.1 Å². The number of carbonyl (C=O) groups excluding carboxylic acids is 3. The number of likely N-dealkylation sites (N-methyl/N-ethyl adjacent to an activating group) is 1. The van der Waals surface area contributed by atoms with E-state index in [1.54, 1.807) is 59.7 Å². The SMILES string of the molecule is CC[C@H]1OC(=O)C[C@@H](O)[C@H](C)[C@@H](O[C@@H]2OC(C)[C@@H](O[C@H]3CC(C)(O)[C@@H](O)[C@@H](C)O3)[C@@H](N(C)C)[C@@H]2O)[C@@H](CC=O)C[C@@H](C)C(=O)/C=C/C(C)=C/[C@@H]1CO[C@@H]1OC(C)[C@@H](O)[C@H](OC)[C@@H]1OC.O=P(=O)OO.[HH]. The van der Waals surface area contributed by atoms with Gasteiger partial charge < -0.3 is 77.9 Å². The number of carbonyl (C=O) groups is 3. The molecule has 0 saturated carbocycles. The summed E-state index contributed by atoms with van der Waals surface area (Å²) >= 11 is 0. The number of methoxy groups -OCH3 is 2. The topological polar surface area (TPSA) is 302 Å². The molecule has 0 aromatic heterocycles. The summed E-state index contributed by atoms with van der Waals surface area (Å²) in [6.07, 6.45) is -8.49. The molecular weight excluding hydrogens is 933 g/mol. The largest absolute Gasteiger partial charge is 0.496 e. The highest BCUT2D eigenvalue weighted by molar-refractivity contribution is 7.24. The molecule has 0 spiro atoms. The summed E-state index contributed by atoms with van der Waals surface area (Å²) in [5.41, 5.74) is -0.806. The minimum atomic E-state index is -3.04. The standard InChI is InChI=1S/C46H77NO17.HO4P.H2/c1-13-33-30(22-58-45-42(57-12)41(56-11)37(52)26(5)60-45)18-23(2)14-15-31(49)24(3)19-29(16-17-48)39(25(4)32(50)20-34(51)62-33)64-44-38(53)36(47(9)10)40(27(6)61-44)63-35-21-46(8,55)43(54)28(7)59-35;1-4-5(2)3;/h14-15,17-18,24-30,32-33,35-45,50,52-55H,13,16,19-22H2,1-12H3;1H;1H/b15-14+,23-18+;;/t24-,25+,26?,27?,28-,29+,30-,32-,33-,35+,36+,37-,38+,39-,40-,41+,42+,43+,44+,45-,46?;;/m1../s1. The van der Waals surface area contributed by atoms with Crippen molar-refractivity contribution in [3.63, 3.8) is 0 Å². The zero-order valence-corrected chi connectivity index (χ0v) is 42.7. The second-order valence-corrected chi connectivity index (χ2v) is 19.7. The Bertz CT molecular complexity index is 1750. The van der Waals surface area contributed by atoms with E-state index in [9.17, 15) is 39.9 Å². The molecule has 0 radical (unpaired) electrons. The number of hydrogen-bond donors (Lipinski definition) is 6. The lowest BCUT2D eigenvalue weighted by Gasteiger charge is -2.50. The summed E-state index contributed by atoms with van der Waals surface area (Å²) in [5, 5.41) is 62.8. The lowest BCUT2D eigenvalue weighted by molar-refractivity contribution is -0.341. The van der Waals surface area contributed by atoms with E-state index < -0.39 is 148 Å². The van der Waals surface area contributed by atoms with Crippen LogP contribution in [0.2, 0.25) is 0 Å². The molecule has 4 aliphatic rings. The maximum Gasteiger partial charge on any atom is 0.496 e. The molecule has 3 saturated heterocycles. The Morgan fingerprint density at radius 3 is 2.06 bits per heavy atom. The number of ether oxygens (including phenoxy) is 9. The van der Waals surface area contributed by atoms with Crippen LogP contribution in [0, 0.1) is 23.7 Å². The number of aliphatic hydroxyl groups excluding tert-OH is 4. The van der Waals surface area contributed by atoms with Crippen molar-refractivity contribution in [3.8, 4) is 0 Å². The molecule has 22 nitrogen and oxygen atoms in total. The van der Waals surface area contributed by atoms with Crippen molar-refractivity contribution in [3.05, 3.63) is 23.8 Å². The van der Waals surface area contributed by atoms with Crippen molar-refractivity contribution >= 4 is 25.9 Å². The van der Waals surface area contributed by atoms with Gasteiger partial charge in [0.1, 0.15) is 49.0 Å². The van der Waals surface area contributed by atoms with Crippen LogP contribution < -0.4 is 0 Å². The lowest BCUT2D eigenvalue weighted by atomic mass is 9.79. The van der Waals surface area contributed by atoms with Gasteiger partial charge >= 0.3 is 13.9 Å². The Hall–Kier alpha value is -2.45. The number of cyclic esters (lactones) is 1. The highest BCUT2D eigenvalue weighted by Gasteiger charge is 2.52. The molecule has 69 heavy (non-hydrogen) atoms. The number of aldehydes is 1. The minimum absolute atomic E-state index is 0. The first-order chi connectivity index (χ1) is 32.3.